The first kappa shape index (κ1) is 19.8. The molecule has 0 aliphatic rings. The van der Waals surface area contributed by atoms with Gasteiger partial charge in [-0.25, -0.2) is 0 Å². The number of quaternary nitrogens is 1. The molecule has 0 aliphatic carbocycles. The minimum atomic E-state index is 0.0402. The number of hydrogen-bond donors (Lipinski definition) is 2. The average molecular weight is 374 g/mol. The molecule has 0 heterocycles. The normalized spacial score (nSPS) is 12.0. The fourth-order valence-corrected chi connectivity index (χ4v) is 3.79. The van der Waals surface area contributed by atoms with Gasteiger partial charge in [0, 0.05) is 16.8 Å². The minimum absolute atomic E-state index is 0.0402. The van der Waals surface area contributed by atoms with Gasteiger partial charge in [0.05, 0.1) is 7.05 Å². The highest BCUT2D eigenvalue weighted by Gasteiger charge is 2.25. The van der Waals surface area contributed by atoms with E-state index in [0.717, 1.165) is 22.6 Å². The number of amides is 1. The summed E-state index contributed by atoms with van der Waals surface area (Å²) in [5.41, 5.74) is 5.66. The fraction of sp³-hybridized carbons (Fsp3) is 0.240. The highest BCUT2D eigenvalue weighted by Crippen LogP contribution is 2.21. The zero-order valence-electron chi connectivity index (χ0n) is 16.9. The van der Waals surface area contributed by atoms with Gasteiger partial charge >= 0.3 is 0 Å². The van der Waals surface area contributed by atoms with Crippen molar-refractivity contribution in [1.82, 2.24) is 0 Å². The zero-order chi connectivity index (χ0) is 19.9. The van der Waals surface area contributed by atoms with Gasteiger partial charge in [0.1, 0.15) is 6.04 Å². The van der Waals surface area contributed by atoms with Gasteiger partial charge < -0.3 is 10.2 Å². The van der Waals surface area contributed by atoms with Crippen LogP contribution in [0.4, 0.5) is 5.69 Å². The molecular formula is C25H29N2O+. The van der Waals surface area contributed by atoms with Crippen LogP contribution in [0.2, 0.25) is 0 Å². The maximum absolute atomic E-state index is 12.9. The topological polar surface area (TPSA) is 33.5 Å². The molecule has 3 nitrogen and oxygen atoms in total. The predicted octanol–water partition coefficient (Wildman–Crippen LogP) is 3.80. The summed E-state index contributed by atoms with van der Waals surface area (Å²) < 4.78 is 0. The average Bonchev–Trinajstić information content (AvgIpc) is 2.71. The SMILES string of the molecule is CCc1cccc(C)c1NC(=O)C[NH+](C)C(c1ccccc1)c1ccccc1. The first-order chi connectivity index (χ1) is 13.6. The number of likely N-dealkylation sites (N-methyl/N-ethyl adjacent to an activating group) is 1. The number of aryl methyl sites for hydroxylation is 2. The largest absolute Gasteiger partial charge is 0.321 e. The van der Waals surface area contributed by atoms with Crippen molar-refractivity contribution in [3.8, 4) is 0 Å². The molecule has 0 aliphatic heterocycles. The number of hydrogen-bond acceptors (Lipinski definition) is 1. The van der Waals surface area contributed by atoms with Crippen LogP contribution in [0.25, 0.3) is 0 Å². The van der Waals surface area contributed by atoms with Crippen LogP contribution in [0, 0.1) is 6.92 Å². The third-order valence-electron chi connectivity index (χ3n) is 5.20. The van der Waals surface area contributed by atoms with Crippen LogP contribution >= 0.6 is 0 Å². The number of rotatable bonds is 7. The third kappa shape index (κ3) is 4.68. The maximum Gasteiger partial charge on any atom is 0.279 e. The molecule has 1 amide bonds. The monoisotopic (exact) mass is 373 g/mol. The number of nitrogens with one attached hydrogen (secondary N) is 2. The molecule has 144 valence electrons. The molecule has 3 heteroatoms. The van der Waals surface area contributed by atoms with Crippen molar-refractivity contribution in [3.05, 3.63) is 101 Å². The van der Waals surface area contributed by atoms with E-state index in [2.05, 4.69) is 73.9 Å². The van der Waals surface area contributed by atoms with Gasteiger partial charge in [0.15, 0.2) is 6.54 Å². The molecule has 2 N–H and O–H groups in total. The summed E-state index contributed by atoms with van der Waals surface area (Å²) in [7, 11) is 2.09. The van der Waals surface area contributed by atoms with Crippen LogP contribution in [0.5, 0.6) is 0 Å². The first-order valence-corrected chi connectivity index (χ1v) is 9.90. The van der Waals surface area contributed by atoms with Gasteiger partial charge in [-0.15, -0.1) is 0 Å². The van der Waals surface area contributed by atoms with E-state index < -0.39 is 0 Å². The predicted molar refractivity (Wildman–Crippen MR) is 116 cm³/mol. The van der Waals surface area contributed by atoms with E-state index in [1.54, 1.807) is 0 Å². The van der Waals surface area contributed by atoms with Crippen molar-refractivity contribution in [2.45, 2.75) is 26.3 Å². The number of para-hydroxylation sites is 1. The summed E-state index contributed by atoms with van der Waals surface area (Å²) in [5.74, 6) is 0.0402. The molecule has 1 unspecified atom stereocenters. The number of carbonyl (C=O) groups is 1. The van der Waals surface area contributed by atoms with Gasteiger partial charge in [0.25, 0.3) is 5.91 Å². The van der Waals surface area contributed by atoms with Crippen molar-refractivity contribution in [2.75, 3.05) is 18.9 Å². The second kappa shape index (κ2) is 9.34. The highest BCUT2D eigenvalue weighted by atomic mass is 16.2. The van der Waals surface area contributed by atoms with E-state index in [0.29, 0.717) is 6.54 Å². The van der Waals surface area contributed by atoms with E-state index >= 15 is 0 Å². The third-order valence-corrected chi connectivity index (χ3v) is 5.20. The van der Waals surface area contributed by atoms with Crippen molar-refractivity contribution in [1.29, 1.82) is 0 Å². The summed E-state index contributed by atoms with van der Waals surface area (Å²) in [6.07, 6.45) is 0.899. The number of carbonyl (C=O) groups excluding carboxylic acids is 1. The molecule has 0 spiro atoms. The van der Waals surface area contributed by atoms with Gasteiger partial charge in [-0.3, -0.25) is 4.79 Å². The Labute approximate surface area is 168 Å². The van der Waals surface area contributed by atoms with Crippen molar-refractivity contribution in [2.24, 2.45) is 0 Å². The summed E-state index contributed by atoms with van der Waals surface area (Å²) in [6, 6.07) is 27.1. The van der Waals surface area contributed by atoms with Gasteiger partial charge in [-0.1, -0.05) is 85.8 Å². The van der Waals surface area contributed by atoms with Crippen molar-refractivity contribution in [3.63, 3.8) is 0 Å². The standard InChI is InChI=1S/C25H28N2O/c1-4-20-17-11-12-19(2)24(20)26-23(28)18-27(3)25(21-13-7-5-8-14-21)22-15-9-6-10-16-22/h5-17,25H,4,18H2,1-3H3,(H,26,28)/p+1. The second-order valence-corrected chi connectivity index (χ2v) is 7.29. The molecule has 0 saturated carbocycles. The van der Waals surface area contributed by atoms with E-state index in [1.807, 2.05) is 31.2 Å². The first-order valence-electron chi connectivity index (χ1n) is 9.90. The molecule has 3 aromatic carbocycles. The Morgan fingerprint density at radius 2 is 1.46 bits per heavy atom. The Morgan fingerprint density at radius 3 is 2.00 bits per heavy atom. The molecule has 0 aromatic heterocycles. The number of anilines is 1. The molecule has 0 saturated heterocycles. The fourth-order valence-electron chi connectivity index (χ4n) is 3.79. The lowest BCUT2D eigenvalue weighted by atomic mass is 9.97. The summed E-state index contributed by atoms with van der Waals surface area (Å²) in [6.45, 7) is 4.55. The zero-order valence-corrected chi connectivity index (χ0v) is 16.9. The summed E-state index contributed by atoms with van der Waals surface area (Å²) in [4.78, 5) is 14.0. The molecule has 28 heavy (non-hydrogen) atoms. The Balaban J connectivity index is 1.81. The summed E-state index contributed by atoms with van der Waals surface area (Å²) in [5, 5.41) is 3.16. The Kier molecular flexibility index (Phi) is 6.62. The van der Waals surface area contributed by atoms with Crippen molar-refractivity contribution >= 4 is 11.6 Å². The lowest BCUT2D eigenvalue weighted by Gasteiger charge is -2.26. The van der Waals surface area contributed by atoms with Crippen LogP contribution in [0.3, 0.4) is 0 Å². The molecule has 0 fully saturated rings. The van der Waals surface area contributed by atoms with Gasteiger partial charge in [-0.2, -0.15) is 0 Å². The molecule has 0 bridgehead atoms. The highest BCUT2D eigenvalue weighted by molar-refractivity contribution is 5.93. The van der Waals surface area contributed by atoms with E-state index in [1.165, 1.54) is 16.7 Å². The Morgan fingerprint density at radius 1 is 0.893 bits per heavy atom. The maximum atomic E-state index is 12.9. The van der Waals surface area contributed by atoms with Crippen LogP contribution in [0.15, 0.2) is 78.9 Å². The molecular weight excluding hydrogens is 344 g/mol. The quantitative estimate of drug-likeness (QED) is 0.649. The summed E-state index contributed by atoms with van der Waals surface area (Å²) >= 11 is 0. The minimum Gasteiger partial charge on any atom is -0.321 e. The van der Waals surface area contributed by atoms with Crippen LogP contribution in [-0.2, 0) is 11.2 Å². The Hall–Kier alpha value is -2.91. The molecule has 1 atom stereocenters. The van der Waals surface area contributed by atoms with Crippen molar-refractivity contribution < 1.29 is 9.69 Å². The van der Waals surface area contributed by atoms with Crippen LogP contribution in [0.1, 0.15) is 35.2 Å². The van der Waals surface area contributed by atoms with Gasteiger partial charge in [-0.05, 0) is 24.5 Å². The smallest absolute Gasteiger partial charge is 0.279 e. The van der Waals surface area contributed by atoms with E-state index in [-0.39, 0.29) is 11.9 Å². The molecule has 3 aromatic rings. The van der Waals surface area contributed by atoms with Crippen LogP contribution < -0.4 is 10.2 Å². The van der Waals surface area contributed by atoms with E-state index in [9.17, 15) is 4.79 Å². The molecule has 0 radical (unpaired) electrons. The molecule has 3 rings (SSSR count). The van der Waals surface area contributed by atoms with E-state index in [4.69, 9.17) is 0 Å². The Bertz CT molecular complexity index is 867. The lowest BCUT2D eigenvalue weighted by Crippen LogP contribution is -3.10. The second-order valence-electron chi connectivity index (χ2n) is 7.29. The lowest BCUT2D eigenvalue weighted by molar-refractivity contribution is -0.897. The number of benzene rings is 3. The van der Waals surface area contributed by atoms with Crippen LogP contribution in [-0.4, -0.2) is 19.5 Å². The van der Waals surface area contributed by atoms with Gasteiger partial charge in [0.2, 0.25) is 0 Å².